The van der Waals surface area contributed by atoms with E-state index in [-0.39, 0.29) is 17.2 Å². The number of anilines is 1. The lowest BCUT2D eigenvalue weighted by Crippen LogP contribution is -2.53. The zero-order valence-corrected chi connectivity index (χ0v) is 16.9. The van der Waals surface area contributed by atoms with Gasteiger partial charge in [0, 0.05) is 22.9 Å². The fourth-order valence-corrected chi connectivity index (χ4v) is 6.39. The summed E-state index contributed by atoms with van der Waals surface area (Å²) in [6, 6.07) is 5.84. The zero-order chi connectivity index (χ0) is 18.3. The van der Waals surface area contributed by atoms with Crippen LogP contribution in [0.1, 0.15) is 50.5 Å². The van der Waals surface area contributed by atoms with Crippen molar-refractivity contribution in [2.75, 3.05) is 11.9 Å². The number of carbonyl (C=O) groups is 2. The quantitative estimate of drug-likeness (QED) is 0.743. The van der Waals surface area contributed by atoms with Gasteiger partial charge < -0.3 is 10.6 Å². The second kappa shape index (κ2) is 6.99. The Morgan fingerprint density at radius 2 is 1.73 bits per heavy atom. The number of halogens is 1. The third-order valence-corrected chi connectivity index (χ3v) is 7.21. The molecule has 2 amide bonds. The Morgan fingerprint density at radius 3 is 2.31 bits per heavy atom. The second-order valence-corrected chi connectivity index (χ2v) is 9.59. The molecule has 0 radical (unpaired) electrons. The highest BCUT2D eigenvalue weighted by molar-refractivity contribution is 9.10. The number of aryl methyl sites for hydroxylation is 1. The first kappa shape index (κ1) is 18.0. The van der Waals surface area contributed by atoms with Crippen LogP contribution in [0.25, 0.3) is 0 Å². The Labute approximate surface area is 163 Å². The molecule has 0 aromatic heterocycles. The van der Waals surface area contributed by atoms with Gasteiger partial charge >= 0.3 is 0 Å². The molecule has 4 saturated carbocycles. The molecule has 1 aromatic carbocycles. The molecule has 0 spiro atoms. The van der Waals surface area contributed by atoms with Crippen molar-refractivity contribution in [1.29, 1.82) is 0 Å². The largest absolute Gasteiger partial charge is 0.355 e. The van der Waals surface area contributed by atoms with Crippen molar-refractivity contribution < 1.29 is 9.59 Å². The van der Waals surface area contributed by atoms with Crippen LogP contribution in [0.5, 0.6) is 0 Å². The maximum absolute atomic E-state index is 12.9. The van der Waals surface area contributed by atoms with Crippen molar-refractivity contribution in [1.82, 2.24) is 5.32 Å². The van der Waals surface area contributed by atoms with Gasteiger partial charge in [-0.3, -0.25) is 9.59 Å². The van der Waals surface area contributed by atoms with Crippen LogP contribution >= 0.6 is 15.9 Å². The van der Waals surface area contributed by atoms with Gasteiger partial charge in [-0.1, -0.05) is 6.07 Å². The van der Waals surface area contributed by atoms with E-state index in [4.69, 9.17) is 0 Å². The minimum Gasteiger partial charge on any atom is -0.355 e. The van der Waals surface area contributed by atoms with Gasteiger partial charge in [0.15, 0.2) is 0 Å². The van der Waals surface area contributed by atoms with Crippen LogP contribution in [0, 0.1) is 30.1 Å². The summed E-state index contributed by atoms with van der Waals surface area (Å²) in [6.45, 7) is 2.42. The summed E-state index contributed by atoms with van der Waals surface area (Å²) in [4.78, 5) is 25.1. The molecule has 2 N–H and O–H groups in total. The number of nitrogens with one attached hydrogen (secondary N) is 2. The lowest BCUT2D eigenvalue weighted by molar-refractivity contribution is -0.146. The maximum atomic E-state index is 12.9. The van der Waals surface area contributed by atoms with E-state index in [0.29, 0.717) is 13.0 Å². The second-order valence-electron chi connectivity index (χ2n) is 8.74. The molecule has 140 valence electrons. The molecule has 26 heavy (non-hydrogen) atoms. The van der Waals surface area contributed by atoms with Crippen LogP contribution in [-0.2, 0) is 9.59 Å². The van der Waals surface area contributed by atoms with E-state index < -0.39 is 0 Å². The number of benzene rings is 1. The van der Waals surface area contributed by atoms with Gasteiger partial charge in [0.1, 0.15) is 0 Å². The van der Waals surface area contributed by atoms with Crippen molar-refractivity contribution in [2.24, 2.45) is 23.2 Å². The standard InChI is InChI=1S/C21H27BrN2O2/c1-13-2-3-18(17(22)6-13)24-19(25)4-5-23-20(26)21-10-14-7-15(11-21)9-16(8-14)12-21/h2-3,6,14-16H,4-5,7-12H2,1H3,(H,23,26)(H,24,25). The SMILES string of the molecule is Cc1ccc(NC(=O)CCNC(=O)C23CC4CC(CC(C4)C2)C3)c(Br)c1. The fraction of sp³-hybridized carbons (Fsp3) is 0.619. The minimum absolute atomic E-state index is 0.0691. The predicted octanol–water partition coefficient (Wildman–Crippen LogP) is 4.42. The molecule has 0 saturated heterocycles. The van der Waals surface area contributed by atoms with E-state index in [0.717, 1.165) is 52.7 Å². The van der Waals surface area contributed by atoms with Gasteiger partial charge in [-0.15, -0.1) is 0 Å². The van der Waals surface area contributed by atoms with E-state index in [1.165, 1.54) is 19.3 Å². The summed E-state index contributed by atoms with van der Waals surface area (Å²) >= 11 is 3.47. The Kier molecular flexibility index (Phi) is 4.84. The van der Waals surface area contributed by atoms with Gasteiger partial charge in [-0.25, -0.2) is 0 Å². The van der Waals surface area contributed by atoms with Crippen LogP contribution in [0.15, 0.2) is 22.7 Å². The van der Waals surface area contributed by atoms with Gasteiger partial charge in [-0.05, 0) is 96.8 Å². The van der Waals surface area contributed by atoms with Crippen LogP contribution in [0.4, 0.5) is 5.69 Å². The molecule has 0 unspecified atom stereocenters. The summed E-state index contributed by atoms with van der Waals surface area (Å²) in [6.07, 6.45) is 7.49. The number of rotatable bonds is 5. The normalized spacial score (nSPS) is 31.7. The third kappa shape index (κ3) is 3.55. The molecular formula is C21H27BrN2O2. The van der Waals surface area contributed by atoms with E-state index in [2.05, 4.69) is 26.6 Å². The number of carbonyl (C=O) groups excluding carboxylic acids is 2. The highest BCUT2D eigenvalue weighted by Gasteiger charge is 2.54. The average Bonchev–Trinajstić information content (AvgIpc) is 2.56. The summed E-state index contributed by atoms with van der Waals surface area (Å²) in [5.41, 5.74) is 1.77. The van der Waals surface area contributed by atoms with Crippen LogP contribution in [0.2, 0.25) is 0 Å². The lowest BCUT2D eigenvalue weighted by Gasteiger charge is -2.55. The minimum atomic E-state index is -0.134. The van der Waals surface area contributed by atoms with Crippen molar-refractivity contribution in [2.45, 2.75) is 51.9 Å². The highest BCUT2D eigenvalue weighted by atomic mass is 79.9. The summed E-state index contributed by atoms with van der Waals surface area (Å²) in [5, 5.41) is 5.98. The zero-order valence-electron chi connectivity index (χ0n) is 15.3. The van der Waals surface area contributed by atoms with Crippen LogP contribution in [-0.4, -0.2) is 18.4 Å². The monoisotopic (exact) mass is 418 g/mol. The molecule has 4 aliphatic carbocycles. The van der Waals surface area contributed by atoms with Crippen molar-refractivity contribution in [3.63, 3.8) is 0 Å². The Hall–Kier alpha value is -1.36. The smallest absolute Gasteiger partial charge is 0.226 e. The Bertz CT molecular complexity index is 695. The fourth-order valence-electron chi connectivity index (χ4n) is 5.80. The predicted molar refractivity (Wildman–Crippen MR) is 106 cm³/mol. The highest BCUT2D eigenvalue weighted by Crippen LogP contribution is 2.60. The van der Waals surface area contributed by atoms with Gasteiger partial charge in [0.05, 0.1) is 5.69 Å². The van der Waals surface area contributed by atoms with Crippen molar-refractivity contribution in [3.05, 3.63) is 28.2 Å². The molecule has 5 rings (SSSR count). The van der Waals surface area contributed by atoms with Gasteiger partial charge in [0.25, 0.3) is 0 Å². The molecule has 4 nitrogen and oxygen atoms in total. The number of hydrogen-bond donors (Lipinski definition) is 2. The molecule has 0 aliphatic heterocycles. The number of amides is 2. The third-order valence-electron chi connectivity index (χ3n) is 6.56. The first-order valence-corrected chi connectivity index (χ1v) is 10.6. The molecule has 4 aliphatic rings. The number of hydrogen-bond acceptors (Lipinski definition) is 2. The lowest BCUT2D eigenvalue weighted by atomic mass is 9.49. The summed E-state index contributed by atoms with van der Waals surface area (Å²) < 4.78 is 0.878. The first-order valence-electron chi connectivity index (χ1n) is 9.78. The molecule has 4 bridgehead atoms. The molecule has 5 heteroatoms. The first-order chi connectivity index (χ1) is 12.4. The Balaban J connectivity index is 1.28. The van der Waals surface area contributed by atoms with Crippen LogP contribution in [0.3, 0.4) is 0 Å². The van der Waals surface area contributed by atoms with E-state index in [1.807, 2.05) is 25.1 Å². The van der Waals surface area contributed by atoms with Gasteiger partial charge in [0.2, 0.25) is 11.8 Å². The molecule has 1 aromatic rings. The van der Waals surface area contributed by atoms with Crippen molar-refractivity contribution in [3.8, 4) is 0 Å². The van der Waals surface area contributed by atoms with Crippen molar-refractivity contribution >= 4 is 33.4 Å². The molecule has 0 heterocycles. The van der Waals surface area contributed by atoms with Gasteiger partial charge in [-0.2, -0.15) is 0 Å². The molecular weight excluding hydrogens is 392 g/mol. The summed E-state index contributed by atoms with van der Waals surface area (Å²) in [7, 11) is 0. The Morgan fingerprint density at radius 1 is 1.12 bits per heavy atom. The van der Waals surface area contributed by atoms with E-state index in [1.54, 1.807) is 0 Å². The average molecular weight is 419 g/mol. The van der Waals surface area contributed by atoms with E-state index >= 15 is 0 Å². The molecule has 0 atom stereocenters. The topological polar surface area (TPSA) is 58.2 Å². The molecule has 4 fully saturated rings. The summed E-state index contributed by atoms with van der Waals surface area (Å²) in [5.74, 6) is 2.40. The van der Waals surface area contributed by atoms with Crippen LogP contribution < -0.4 is 10.6 Å². The van der Waals surface area contributed by atoms with E-state index in [9.17, 15) is 9.59 Å². The maximum Gasteiger partial charge on any atom is 0.226 e.